The molecule has 0 radical (unpaired) electrons. The molecule has 0 bridgehead atoms. The van der Waals surface area contributed by atoms with Crippen LogP contribution in [0.1, 0.15) is 41.4 Å². The first-order chi connectivity index (χ1) is 13.0. The van der Waals surface area contributed by atoms with Crippen LogP contribution in [0.15, 0.2) is 52.9 Å². The summed E-state index contributed by atoms with van der Waals surface area (Å²) in [7, 11) is 0. The van der Waals surface area contributed by atoms with Crippen molar-refractivity contribution >= 4 is 23.9 Å². The highest BCUT2D eigenvalue weighted by molar-refractivity contribution is 6.16. The van der Waals surface area contributed by atoms with E-state index < -0.39 is 23.9 Å². The Morgan fingerprint density at radius 3 is 1.33 bits per heavy atom. The van der Waals surface area contributed by atoms with E-state index in [9.17, 15) is 19.2 Å². The summed E-state index contributed by atoms with van der Waals surface area (Å²) in [4.78, 5) is 46.5. The Hall–Kier alpha value is -4.00. The van der Waals surface area contributed by atoms with E-state index in [0.29, 0.717) is 22.6 Å². The van der Waals surface area contributed by atoms with Crippen molar-refractivity contribution in [3.05, 3.63) is 70.8 Å². The largest absolute Gasteiger partial charge is 0.456 e. The number of fused-ring (bicyclic) bond motifs is 2. The van der Waals surface area contributed by atoms with Crippen molar-refractivity contribution in [1.82, 2.24) is 0 Å². The molecule has 7 heteroatoms. The maximum atomic E-state index is 11.7. The highest BCUT2D eigenvalue weighted by Gasteiger charge is 2.31. The molecule has 2 aliphatic rings. The Kier molecular flexibility index (Phi) is 2.97. The lowest BCUT2D eigenvalue weighted by molar-refractivity contribution is 0.0425. The van der Waals surface area contributed by atoms with Crippen molar-refractivity contribution in [2.45, 2.75) is 0 Å². The van der Waals surface area contributed by atoms with E-state index in [1.54, 1.807) is 24.3 Å². The van der Waals surface area contributed by atoms with E-state index >= 15 is 0 Å². The van der Waals surface area contributed by atoms with Gasteiger partial charge in [0.1, 0.15) is 11.5 Å². The maximum absolute atomic E-state index is 11.7. The van der Waals surface area contributed by atoms with Gasteiger partial charge in [0.2, 0.25) is 0 Å². The summed E-state index contributed by atoms with van der Waals surface area (Å²) in [6, 6.07) is 12.8. The SMILES string of the molecule is O=C1OC(=O)c2cc(-c3ccc(-c4ccc5c(c4)C(=O)OC5=O)o3)ccc21. The molecule has 2 aliphatic heterocycles. The minimum Gasteiger partial charge on any atom is -0.456 e. The summed E-state index contributed by atoms with van der Waals surface area (Å²) in [5.41, 5.74) is 2.02. The fourth-order valence-electron chi connectivity index (χ4n) is 3.13. The molecule has 0 saturated carbocycles. The van der Waals surface area contributed by atoms with Crippen LogP contribution in [0.2, 0.25) is 0 Å². The van der Waals surface area contributed by atoms with E-state index in [4.69, 9.17) is 4.42 Å². The van der Waals surface area contributed by atoms with Crippen LogP contribution in [0.4, 0.5) is 0 Å². The van der Waals surface area contributed by atoms with Crippen LogP contribution in [0.5, 0.6) is 0 Å². The van der Waals surface area contributed by atoms with Crippen LogP contribution in [-0.2, 0) is 9.47 Å². The van der Waals surface area contributed by atoms with E-state index in [1.807, 2.05) is 0 Å². The van der Waals surface area contributed by atoms with E-state index in [2.05, 4.69) is 9.47 Å². The van der Waals surface area contributed by atoms with Gasteiger partial charge >= 0.3 is 23.9 Å². The predicted octanol–water partition coefficient (Wildman–Crippen LogP) is 3.23. The number of hydrogen-bond donors (Lipinski definition) is 0. The third-order valence-corrected chi connectivity index (χ3v) is 4.46. The summed E-state index contributed by atoms with van der Waals surface area (Å²) < 4.78 is 15.0. The number of furan rings is 1. The molecule has 130 valence electrons. The number of rotatable bonds is 2. The molecule has 1 aromatic heterocycles. The average molecular weight is 360 g/mol. The zero-order chi connectivity index (χ0) is 18.7. The minimum absolute atomic E-state index is 0.189. The molecular weight excluding hydrogens is 352 g/mol. The van der Waals surface area contributed by atoms with Gasteiger partial charge in [-0.3, -0.25) is 0 Å². The van der Waals surface area contributed by atoms with Crippen molar-refractivity contribution in [3.8, 4) is 22.6 Å². The second-order valence-electron chi connectivity index (χ2n) is 6.04. The van der Waals surface area contributed by atoms with Gasteiger partial charge in [0.15, 0.2) is 0 Å². The highest BCUT2D eigenvalue weighted by Crippen LogP contribution is 2.33. The summed E-state index contributed by atoms with van der Waals surface area (Å²) in [6.07, 6.45) is 0. The first kappa shape index (κ1) is 15.3. The lowest BCUT2D eigenvalue weighted by atomic mass is 10.0. The highest BCUT2D eigenvalue weighted by atomic mass is 16.6. The first-order valence-electron chi connectivity index (χ1n) is 7.93. The minimum atomic E-state index is -0.689. The lowest BCUT2D eigenvalue weighted by Gasteiger charge is -2.01. The molecule has 0 atom stereocenters. The maximum Gasteiger partial charge on any atom is 0.346 e. The van der Waals surface area contributed by atoms with Gasteiger partial charge in [0.25, 0.3) is 0 Å². The number of hydrogen-bond acceptors (Lipinski definition) is 7. The quantitative estimate of drug-likeness (QED) is 0.511. The Balaban J connectivity index is 1.53. The van der Waals surface area contributed by atoms with Gasteiger partial charge in [0.05, 0.1) is 22.3 Å². The third-order valence-electron chi connectivity index (χ3n) is 4.46. The molecule has 5 rings (SSSR count). The number of benzene rings is 2. The molecule has 2 aromatic carbocycles. The van der Waals surface area contributed by atoms with Crippen molar-refractivity contribution in [1.29, 1.82) is 0 Å². The molecule has 7 nitrogen and oxygen atoms in total. The number of cyclic esters (lactones) is 4. The van der Waals surface area contributed by atoms with Crippen LogP contribution in [0.25, 0.3) is 22.6 Å². The number of esters is 4. The molecule has 3 aromatic rings. The summed E-state index contributed by atoms with van der Waals surface area (Å²) in [6.45, 7) is 0. The fraction of sp³-hybridized carbons (Fsp3) is 0. The Labute approximate surface area is 151 Å². The topological polar surface area (TPSA) is 99.9 Å². The average Bonchev–Trinajstić information content (AvgIpc) is 3.33. The second kappa shape index (κ2) is 5.25. The van der Waals surface area contributed by atoms with Crippen molar-refractivity contribution in [2.75, 3.05) is 0 Å². The Morgan fingerprint density at radius 2 is 0.889 bits per heavy atom. The molecule has 27 heavy (non-hydrogen) atoms. The normalized spacial score (nSPS) is 14.8. The van der Waals surface area contributed by atoms with Crippen LogP contribution in [-0.4, -0.2) is 23.9 Å². The molecule has 0 aliphatic carbocycles. The number of carbonyl (C=O) groups excluding carboxylic acids is 4. The predicted molar refractivity (Wildman–Crippen MR) is 89.1 cm³/mol. The van der Waals surface area contributed by atoms with Crippen molar-refractivity contribution in [3.63, 3.8) is 0 Å². The second-order valence-corrected chi connectivity index (χ2v) is 6.04. The standard InChI is InChI=1S/C20H8O7/c21-17-11-3-1-9(7-13(11)19(23)26-17)15-5-6-16(25-15)10-2-4-12-14(8-10)20(24)27-18(12)22/h1-8H. The van der Waals surface area contributed by atoms with E-state index in [1.165, 1.54) is 24.3 Å². The number of carbonyl (C=O) groups is 4. The van der Waals surface area contributed by atoms with Crippen LogP contribution >= 0.6 is 0 Å². The van der Waals surface area contributed by atoms with Crippen LogP contribution in [0.3, 0.4) is 0 Å². The Bertz CT molecular complexity index is 1110. The number of ether oxygens (including phenoxy) is 2. The van der Waals surface area contributed by atoms with Gasteiger partial charge in [-0.1, -0.05) is 12.1 Å². The summed E-state index contributed by atoms with van der Waals surface area (Å²) >= 11 is 0. The monoisotopic (exact) mass is 360 g/mol. The molecule has 0 fully saturated rings. The summed E-state index contributed by atoms with van der Waals surface area (Å²) in [5, 5.41) is 0. The van der Waals surface area contributed by atoms with E-state index in [-0.39, 0.29) is 22.3 Å². The van der Waals surface area contributed by atoms with Gasteiger partial charge < -0.3 is 13.9 Å². The zero-order valence-corrected chi connectivity index (χ0v) is 13.5. The van der Waals surface area contributed by atoms with Crippen molar-refractivity contribution < 1.29 is 33.1 Å². The summed E-state index contributed by atoms with van der Waals surface area (Å²) in [5.74, 6) is -1.77. The van der Waals surface area contributed by atoms with Crippen LogP contribution in [0, 0.1) is 0 Å². The van der Waals surface area contributed by atoms with Gasteiger partial charge in [0, 0.05) is 11.1 Å². The first-order valence-corrected chi connectivity index (χ1v) is 7.93. The lowest BCUT2D eigenvalue weighted by Crippen LogP contribution is -1.96. The van der Waals surface area contributed by atoms with Gasteiger partial charge in [-0.15, -0.1) is 0 Å². The molecular formula is C20H8O7. The fourth-order valence-corrected chi connectivity index (χ4v) is 3.13. The third kappa shape index (κ3) is 2.22. The smallest absolute Gasteiger partial charge is 0.346 e. The van der Waals surface area contributed by atoms with Gasteiger partial charge in [-0.05, 0) is 36.4 Å². The zero-order valence-electron chi connectivity index (χ0n) is 13.5. The molecule has 0 spiro atoms. The molecule has 0 unspecified atom stereocenters. The van der Waals surface area contributed by atoms with Crippen LogP contribution < -0.4 is 0 Å². The van der Waals surface area contributed by atoms with E-state index in [0.717, 1.165) is 0 Å². The molecule has 0 amide bonds. The van der Waals surface area contributed by atoms with Gasteiger partial charge in [-0.25, -0.2) is 19.2 Å². The molecule has 0 N–H and O–H groups in total. The van der Waals surface area contributed by atoms with Crippen molar-refractivity contribution in [2.24, 2.45) is 0 Å². The van der Waals surface area contributed by atoms with Gasteiger partial charge in [-0.2, -0.15) is 0 Å². The molecule has 0 saturated heterocycles. The molecule has 3 heterocycles. The Morgan fingerprint density at radius 1 is 0.481 bits per heavy atom.